The molecule has 1 aliphatic heterocycles. The normalized spacial score (nSPS) is 22.0. The van der Waals surface area contributed by atoms with Crippen molar-refractivity contribution in [2.24, 2.45) is 11.1 Å². The first-order valence-corrected chi connectivity index (χ1v) is 9.68. The number of nitrogens with zero attached hydrogens (tertiary/aromatic N) is 3. The van der Waals surface area contributed by atoms with Crippen LogP contribution in [0.2, 0.25) is 0 Å². The molecule has 1 amide bonds. The number of para-hydroxylation sites is 1. The zero-order chi connectivity index (χ0) is 18.2. The van der Waals surface area contributed by atoms with Crippen molar-refractivity contribution in [1.82, 2.24) is 14.8 Å². The molecule has 25 heavy (non-hydrogen) atoms. The van der Waals surface area contributed by atoms with Crippen LogP contribution in [0.1, 0.15) is 32.2 Å². The number of carbonyl (C=O) groups is 1. The van der Waals surface area contributed by atoms with Gasteiger partial charge in [0.15, 0.2) is 0 Å². The van der Waals surface area contributed by atoms with Crippen LogP contribution in [0.25, 0.3) is 10.2 Å². The third-order valence-electron chi connectivity index (χ3n) is 5.33. The number of piperidine rings is 1. The number of amides is 1. The van der Waals surface area contributed by atoms with E-state index in [0.29, 0.717) is 6.54 Å². The van der Waals surface area contributed by atoms with E-state index in [1.54, 1.807) is 16.2 Å². The number of thiazole rings is 1. The molecule has 1 saturated heterocycles. The van der Waals surface area contributed by atoms with Gasteiger partial charge in [0, 0.05) is 26.2 Å². The van der Waals surface area contributed by atoms with Crippen LogP contribution in [-0.4, -0.2) is 52.9 Å². The van der Waals surface area contributed by atoms with E-state index in [2.05, 4.69) is 29.8 Å². The van der Waals surface area contributed by atoms with E-state index in [4.69, 9.17) is 5.73 Å². The summed E-state index contributed by atoms with van der Waals surface area (Å²) < 4.78 is 1.16. The summed E-state index contributed by atoms with van der Waals surface area (Å²) in [7, 11) is 1.87. The van der Waals surface area contributed by atoms with Crippen molar-refractivity contribution < 1.29 is 4.79 Å². The Morgan fingerprint density at radius 2 is 2.20 bits per heavy atom. The van der Waals surface area contributed by atoms with Crippen molar-refractivity contribution in [3.8, 4) is 0 Å². The van der Waals surface area contributed by atoms with Crippen LogP contribution >= 0.6 is 11.3 Å². The summed E-state index contributed by atoms with van der Waals surface area (Å²) in [6, 6.07) is 8.16. The van der Waals surface area contributed by atoms with Crippen molar-refractivity contribution in [3.05, 3.63) is 29.3 Å². The number of nitrogens with two attached hydrogens (primary N) is 1. The second-order valence-electron chi connectivity index (χ2n) is 7.80. The summed E-state index contributed by atoms with van der Waals surface area (Å²) >= 11 is 1.66. The lowest BCUT2D eigenvalue weighted by Gasteiger charge is -2.45. The topological polar surface area (TPSA) is 62.5 Å². The van der Waals surface area contributed by atoms with Crippen LogP contribution in [-0.2, 0) is 11.3 Å². The zero-order valence-electron chi connectivity index (χ0n) is 15.5. The molecule has 1 aliphatic rings. The first-order chi connectivity index (χ1) is 11.8. The van der Waals surface area contributed by atoms with Crippen molar-refractivity contribution >= 4 is 27.5 Å². The van der Waals surface area contributed by atoms with Gasteiger partial charge in [0.25, 0.3) is 0 Å². The van der Waals surface area contributed by atoms with Crippen LogP contribution in [0.3, 0.4) is 0 Å². The first kappa shape index (κ1) is 18.3. The van der Waals surface area contributed by atoms with E-state index in [1.165, 1.54) is 0 Å². The maximum absolute atomic E-state index is 12.9. The van der Waals surface area contributed by atoms with Gasteiger partial charge in [0.05, 0.1) is 22.8 Å². The fraction of sp³-hybridized carbons (Fsp3) is 0.579. The number of hydrogen-bond acceptors (Lipinski definition) is 5. The van der Waals surface area contributed by atoms with Crippen molar-refractivity contribution in [1.29, 1.82) is 0 Å². The first-order valence-electron chi connectivity index (χ1n) is 8.87. The van der Waals surface area contributed by atoms with Gasteiger partial charge in [-0.15, -0.1) is 11.3 Å². The van der Waals surface area contributed by atoms with Gasteiger partial charge in [-0.05, 0) is 30.9 Å². The molecule has 0 radical (unpaired) electrons. The van der Waals surface area contributed by atoms with Gasteiger partial charge in [-0.3, -0.25) is 9.69 Å². The smallest absolute Gasteiger partial charge is 0.239 e. The minimum atomic E-state index is -0.133. The van der Waals surface area contributed by atoms with E-state index < -0.39 is 0 Å². The number of carbonyl (C=O) groups excluding carboxylic acids is 1. The highest BCUT2D eigenvalue weighted by molar-refractivity contribution is 7.18. The number of hydrogen-bond donors (Lipinski definition) is 1. The Labute approximate surface area is 153 Å². The van der Waals surface area contributed by atoms with Crippen LogP contribution in [0.4, 0.5) is 0 Å². The minimum absolute atomic E-state index is 0.0401. The molecule has 1 fully saturated rings. The molecule has 1 aromatic carbocycles. The highest BCUT2D eigenvalue weighted by atomic mass is 32.1. The van der Waals surface area contributed by atoms with Gasteiger partial charge in [0.1, 0.15) is 5.01 Å². The molecule has 0 aliphatic carbocycles. The maximum Gasteiger partial charge on any atom is 0.239 e. The summed E-state index contributed by atoms with van der Waals surface area (Å²) in [6.45, 7) is 8.67. The largest absolute Gasteiger partial charge is 0.338 e. The fourth-order valence-corrected chi connectivity index (χ4v) is 4.51. The molecule has 6 heteroatoms. The van der Waals surface area contributed by atoms with Crippen LogP contribution in [0, 0.1) is 5.41 Å². The van der Waals surface area contributed by atoms with Gasteiger partial charge in [-0.1, -0.05) is 26.0 Å². The summed E-state index contributed by atoms with van der Waals surface area (Å²) in [5.41, 5.74) is 7.26. The molecule has 3 rings (SSSR count). The lowest BCUT2D eigenvalue weighted by Crippen LogP contribution is -2.57. The number of likely N-dealkylation sites (tertiary alicyclic amines) is 1. The molecule has 1 aromatic heterocycles. The molecular weight excluding hydrogens is 332 g/mol. The van der Waals surface area contributed by atoms with Crippen molar-refractivity contribution in [3.63, 3.8) is 0 Å². The fourth-order valence-electron chi connectivity index (χ4n) is 3.49. The quantitative estimate of drug-likeness (QED) is 0.911. The van der Waals surface area contributed by atoms with E-state index in [9.17, 15) is 4.79 Å². The molecule has 2 atom stereocenters. The number of benzene rings is 1. The maximum atomic E-state index is 12.9. The lowest BCUT2D eigenvalue weighted by molar-refractivity contribution is -0.137. The molecule has 2 unspecified atom stereocenters. The van der Waals surface area contributed by atoms with Gasteiger partial charge in [0.2, 0.25) is 5.91 Å². The lowest BCUT2D eigenvalue weighted by atomic mass is 9.79. The van der Waals surface area contributed by atoms with E-state index >= 15 is 0 Å². The zero-order valence-corrected chi connectivity index (χ0v) is 16.3. The number of fused-ring (bicyclic) bond motifs is 1. The summed E-state index contributed by atoms with van der Waals surface area (Å²) in [5, 5.41) is 0.977. The molecule has 0 bridgehead atoms. The number of likely N-dealkylation sites (N-methyl/N-ethyl adjacent to an activating group) is 1. The summed E-state index contributed by atoms with van der Waals surface area (Å²) in [5.74, 6) is 0.144. The molecule has 2 aromatic rings. The molecule has 0 saturated carbocycles. The summed E-state index contributed by atoms with van der Waals surface area (Å²) in [4.78, 5) is 21.6. The average molecular weight is 361 g/mol. The van der Waals surface area contributed by atoms with Gasteiger partial charge >= 0.3 is 0 Å². The molecule has 2 N–H and O–H groups in total. The van der Waals surface area contributed by atoms with Crippen LogP contribution in [0.5, 0.6) is 0 Å². The van der Waals surface area contributed by atoms with Crippen molar-refractivity contribution in [2.75, 3.05) is 20.1 Å². The highest BCUT2D eigenvalue weighted by Gasteiger charge is 2.37. The second-order valence-corrected chi connectivity index (χ2v) is 8.92. The van der Waals surface area contributed by atoms with E-state index in [0.717, 1.165) is 34.7 Å². The Morgan fingerprint density at radius 3 is 2.88 bits per heavy atom. The molecule has 5 nitrogen and oxygen atoms in total. The second kappa shape index (κ2) is 7.02. The Hall–Kier alpha value is -1.50. The standard InChI is InChI=1S/C19H28N4OS/c1-13(23-10-9-16(20)19(2,3)12-23)18(24)22(4)11-17-21-14-7-5-6-8-15(14)25-17/h5-8,13,16H,9-12,20H2,1-4H3. The minimum Gasteiger partial charge on any atom is -0.338 e. The van der Waals surface area contributed by atoms with E-state index in [1.807, 2.05) is 32.2 Å². The number of aromatic nitrogens is 1. The summed E-state index contributed by atoms with van der Waals surface area (Å²) in [6.07, 6.45) is 0.937. The third-order valence-corrected chi connectivity index (χ3v) is 6.35. The average Bonchev–Trinajstić information content (AvgIpc) is 2.98. The molecule has 136 valence electrons. The molecule has 2 heterocycles. The predicted molar refractivity (Wildman–Crippen MR) is 104 cm³/mol. The molecular formula is C19H28N4OS. The van der Waals surface area contributed by atoms with Crippen LogP contribution < -0.4 is 5.73 Å². The Bertz CT molecular complexity index is 724. The highest BCUT2D eigenvalue weighted by Crippen LogP contribution is 2.29. The van der Waals surface area contributed by atoms with Gasteiger partial charge in [-0.2, -0.15) is 0 Å². The van der Waals surface area contributed by atoms with Gasteiger partial charge in [-0.25, -0.2) is 4.98 Å². The van der Waals surface area contributed by atoms with Crippen molar-refractivity contribution in [2.45, 2.75) is 45.8 Å². The Morgan fingerprint density at radius 1 is 1.48 bits per heavy atom. The third kappa shape index (κ3) is 3.86. The van der Waals surface area contributed by atoms with Gasteiger partial charge < -0.3 is 10.6 Å². The Balaban J connectivity index is 1.65. The van der Waals surface area contributed by atoms with E-state index in [-0.39, 0.29) is 23.4 Å². The molecule has 0 spiro atoms. The SMILES string of the molecule is CC(C(=O)N(C)Cc1nc2ccccc2s1)N1CCC(N)C(C)(C)C1. The van der Waals surface area contributed by atoms with Crippen LogP contribution in [0.15, 0.2) is 24.3 Å². The Kier molecular flexibility index (Phi) is 5.14. The predicted octanol–water partition coefficient (Wildman–Crippen LogP) is 2.70. The number of rotatable bonds is 4. The monoisotopic (exact) mass is 360 g/mol.